The van der Waals surface area contributed by atoms with E-state index in [0.29, 0.717) is 12.5 Å². The van der Waals surface area contributed by atoms with E-state index in [1.165, 1.54) is 0 Å². The van der Waals surface area contributed by atoms with Gasteiger partial charge >= 0.3 is 0 Å². The van der Waals surface area contributed by atoms with Crippen molar-refractivity contribution in [3.63, 3.8) is 0 Å². The molecule has 3 nitrogen and oxygen atoms in total. The van der Waals surface area contributed by atoms with E-state index in [2.05, 4.69) is 4.98 Å². The van der Waals surface area contributed by atoms with Crippen molar-refractivity contribution in [3.8, 4) is 5.88 Å². The molecule has 0 aliphatic heterocycles. The summed E-state index contributed by atoms with van der Waals surface area (Å²) in [5.74, 6) is 0.694. The predicted molar refractivity (Wildman–Crippen MR) is 42.5 cm³/mol. The Bertz CT molecular complexity index is 177. The summed E-state index contributed by atoms with van der Waals surface area (Å²) in [4.78, 5) is 11.9. The van der Waals surface area contributed by atoms with Crippen LogP contribution in [-0.4, -0.2) is 18.4 Å². The summed E-state index contributed by atoms with van der Waals surface area (Å²) in [5.41, 5.74) is 0. The monoisotopic (exact) mass is 153 g/mol. The molecule has 0 bridgehead atoms. The lowest BCUT2D eigenvalue weighted by atomic mass is 10.5. The first kappa shape index (κ1) is 9.62. The fourth-order valence-corrected chi connectivity index (χ4v) is 0.580. The molecule has 11 heavy (non-hydrogen) atoms. The van der Waals surface area contributed by atoms with Gasteiger partial charge in [-0.25, -0.2) is 4.98 Å². The lowest BCUT2D eigenvalue weighted by Crippen LogP contribution is -1.92. The number of carbonyl (C=O) groups is 1. The van der Waals surface area contributed by atoms with Crippen LogP contribution in [0.15, 0.2) is 24.4 Å². The van der Waals surface area contributed by atoms with E-state index in [1.54, 1.807) is 6.20 Å². The number of aromatic nitrogens is 1. The summed E-state index contributed by atoms with van der Waals surface area (Å²) >= 11 is 0. The summed E-state index contributed by atoms with van der Waals surface area (Å²) < 4.78 is 5.09. The van der Waals surface area contributed by atoms with E-state index in [0.717, 1.165) is 0 Å². The Morgan fingerprint density at radius 1 is 1.55 bits per heavy atom. The highest BCUT2D eigenvalue weighted by molar-refractivity contribution is 5.11. The maximum atomic E-state index is 8.00. The summed E-state index contributed by atoms with van der Waals surface area (Å²) in [7, 11) is 0. The molecule has 0 saturated carbocycles. The van der Waals surface area contributed by atoms with E-state index in [-0.39, 0.29) is 0 Å². The average molecular weight is 153 g/mol. The molecule has 0 aromatic carbocycles. The summed E-state index contributed by atoms with van der Waals surface area (Å²) in [6.07, 6.45) is 1.71. The second-order valence-electron chi connectivity index (χ2n) is 1.60. The molecule has 60 valence electrons. The Hall–Kier alpha value is -1.38. The first-order valence-electron chi connectivity index (χ1n) is 3.26. The molecule has 0 N–H and O–H groups in total. The number of rotatable bonds is 2. The van der Waals surface area contributed by atoms with Gasteiger partial charge in [-0.1, -0.05) is 6.07 Å². The van der Waals surface area contributed by atoms with E-state index >= 15 is 0 Å². The molecule has 0 radical (unpaired) electrons. The molecule has 0 fully saturated rings. The van der Waals surface area contributed by atoms with Gasteiger partial charge in [0.25, 0.3) is 0 Å². The molecule has 1 rings (SSSR count). The highest BCUT2D eigenvalue weighted by Gasteiger charge is 1.85. The van der Waals surface area contributed by atoms with E-state index < -0.39 is 0 Å². The summed E-state index contributed by atoms with van der Waals surface area (Å²) in [6.45, 7) is 4.62. The molecule has 1 aromatic rings. The smallest absolute Gasteiger partial charge is 0.213 e. The van der Waals surface area contributed by atoms with E-state index in [1.807, 2.05) is 31.9 Å². The molecule has 0 aliphatic carbocycles. The Labute approximate surface area is 66.0 Å². The van der Waals surface area contributed by atoms with Crippen LogP contribution >= 0.6 is 0 Å². The maximum Gasteiger partial charge on any atom is 0.213 e. The van der Waals surface area contributed by atoms with Gasteiger partial charge in [0.2, 0.25) is 5.88 Å². The van der Waals surface area contributed by atoms with Crippen molar-refractivity contribution in [1.82, 2.24) is 4.98 Å². The zero-order valence-electron chi connectivity index (χ0n) is 6.49. The first-order chi connectivity index (χ1) is 5.43. The zero-order chi connectivity index (χ0) is 8.53. The van der Waals surface area contributed by atoms with Crippen LogP contribution in [0.2, 0.25) is 0 Å². The van der Waals surface area contributed by atoms with Crippen LogP contribution in [-0.2, 0) is 4.79 Å². The van der Waals surface area contributed by atoms with Crippen LogP contribution in [0.4, 0.5) is 0 Å². The lowest BCUT2D eigenvalue weighted by Gasteiger charge is -1.97. The zero-order valence-corrected chi connectivity index (χ0v) is 6.49. The summed E-state index contributed by atoms with van der Waals surface area (Å²) in [5, 5.41) is 0. The van der Waals surface area contributed by atoms with Crippen LogP contribution in [0.3, 0.4) is 0 Å². The molecular weight excluding hydrogens is 142 g/mol. The Morgan fingerprint density at radius 2 is 2.27 bits per heavy atom. The average Bonchev–Trinajstić information content (AvgIpc) is 2.11. The fraction of sp³-hybridized carbons (Fsp3) is 0.250. The molecule has 0 saturated heterocycles. The molecule has 0 atom stereocenters. The lowest BCUT2D eigenvalue weighted by molar-refractivity contribution is -0.0979. The SMILES string of the molecule is C=O.CCOc1ccccn1. The van der Waals surface area contributed by atoms with Gasteiger partial charge in [0.05, 0.1) is 6.61 Å². The highest BCUT2D eigenvalue weighted by Crippen LogP contribution is 2.01. The predicted octanol–water partition coefficient (Wildman–Crippen LogP) is 1.30. The van der Waals surface area contributed by atoms with Gasteiger partial charge in [-0.15, -0.1) is 0 Å². The minimum atomic E-state index is 0.678. The highest BCUT2D eigenvalue weighted by atomic mass is 16.5. The van der Waals surface area contributed by atoms with Gasteiger partial charge < -0.3 is 9.53 Å². The molecule has 0 spiro atoms. The molecule has 1 aromatic heterocycles. The molecule has 0 amide bonds. The van der Waals surface area contributed by atoms with Crippen LogP contribution < -0.4 is 4.74 Å². The Balaban J connectivity index is 0.000000461. The Kier molecular flexibility index (Phi) is 5.89. The molecule has 3 heteroatoms. The number of hydrogen-bond donors (Lipinski definition) is 0. The minimum Gasteiger partial charge on any atom is -0.478 e. The summed E-state index contributed by atoms with van der Waals surface area (Å²) in [6, 6.07) is 5.60. The third-order valence-corrected chi connectivity index (χ3v) is 0.930. The maximum absolute atomic E-state index is 8.00. The van der Waals surface area contributed by atoms with Crippen molar-refractivity contribution in [2.75, 3.05) is 6.61 Å². The quantitative estimate of drug-likeness (QED) is 0.642. The van der Waals surface area contributed by atoms with Gasteiger partial charge in [0, 0.05) is 12.3 Å². The van der Waals surface area contributed by atoms with Gasteiger partial charge in [-0.3, -0.25) is 0 Å². The minimum absolute atomic E-state index is 0.678. The van der Waals surface area contributed by atoms with Gasteiger partial charge in [-0.2, -0.15) is 0 Å². The molecular formula is C8H11NO2. The molecule has 0 unspecified atom stereocenters. The van der Waals surface area contributed by atoms with Crippen LogP contribution in [0.1, 0.15) is 6.92 Å². The largest absolute Gasteiger partial charge is 0.478 e. The number of carbonyl (C=O) groups excluding carboxylic acids is 1. The topological polar surface area (TPSA) is 39.2 Å². The van der Waals surface area contributed by atoms with Gasteiger partial charge in [0.1, 0.15) is 6.79 Å². The number of ether oxygens (including phenoxy) is 1. The second-order valence-corrected chi connectivity index (χ2v) is 1.60. The Morgan fingerprint density at radius 3 is 2.73 bits per heavy atom. The van der Waals surface area contributed by atoms with Crippen molar-refractivity contribution in [2.24, 2.45) is 0 Å². The van der Waals surface area contributed by atoms with Crippen molar-refractivity contribution in [1.29, 1.82) is 0 Å². The van der Waals surface area contributed by atoms with Crippen LogP contribution in [0.25, 0.3) is 0 Å². The van der Waals surface area contributed by atoms with Crippen molar-refractivity contribution in [2.45, 2.75) is 6.92 Å². The number of hydrogen-bond acceptors (Lipinski definition) is 3. The van der Waals surface area contributed by atoms with E-state index in [4.69, 9.17) is 9.53 Å². The van der Waals surface area contributed by atoms with Crippen molar-refractivity contribution >= 4 is 6.79 Å². The first-order valence-corrected chi connectivity index (χ1v) is 3.26. The van der Waals surface area contributed by atoms with Crippen LogP contribution in [0, 0.1) is 0 Å². The van der Waals surface area contributed by atoms with Crippen molar-refractivity contribution in [3.05, 3.63) is 24.4 Å². The number of pyridine rings is 1. The normalized spacial score (nSPS) is 7.73. The van der Waals surface area contributed by atoms with E-state index in [9.17, 15) is 0 Å². The fourth-order valence-electron chi connectivity index (χ4n) is 0.580. The standard InChI is InChI=1S/C7H9NO.CH2O/c1-2-9-7-5-3-4-6-8-7;1-2/h3-6H,2H2,1H3;1H2. The molecule has 0 aliphatic rings. The van der Waals surface area contributed by atoms with Gasteiger partial charge in [-0.05, 0) is 13.0 Å². The van der Waals surface area contributed by atoms with Crippen LogP contribution in [0.5, 0.6) is 5.88 Å². The third-order valence-electron chi connectivity index (χ3n) is 0.930. The van der Waals surface area contributed by atoms with Gasteiger partial charge in [0.15, 0.2) is 0 Å². The third kappa shape index (κ3) is 4.08. The molecule has 1 heterocycles. The number of nitrogens with zero attached hydrogens (tertiary/aromatic N) is 1. The second kappa shape index (κ2) is 6.74. The van der Waals surface area contributed by atoms with Crippen molar-refractivity contribution < 1.29 is 9.53 Å².